The molecule has 0 unspecified atom stereocenters. The zero-order valence-corrected chi connectivity index (χ0v) is 11.8. The number of nitrogens with zero attached hydrogens (tertiary/aromatic N) is 1. The average Bonchev–Trinajstić information content (AvgIpc) is 2.68. The lowest BCUT2D eigenvalue weighted by atomic mass is 10.2. The molecule has 0 N–H and O–H groups in total. The Kier molecular flexibility index (Phi) is 4.07. The molecular weight excluding hydrogens is 277 g/mol. The van der Waals surface area contributed by atoms with Gasteiger partial charge in [0.2, 0.25) is 0 Å². The monoisotopic (exact) mass is 287 g/mol. The zero-order valence-electron chi connectivity index (χ0n) is 9.41. The molecule has 0 fully saturated rings. The van der Waals surface area contributed by atoms with E-state index in [2.05, 4.69) is 11.9 Å². The van der Waals surface area contributed by atoms with Crippen LogP contribution < -0.4 is 0 Å². The van der Waals surface area contributed by atoms with Gasteiger partial charge in [-0.1, -0.05) is 29.4 Å². The highest BCUT2D eigenvalue weighted by molar-refractivity contribution is 8.01. The van der Waals surface area contributed by atoms with Crippen LogP contribution in [0.15, 0.2) is 27.9 Å². The van der Waals surface area contributed by atoms with Crippen molar-refractivity contribution in [1.82, 2.24) is 4.98 Å². The Morgan fingerprint density at radius 3 is 2.82 bits per heavy atom. The number of halogens is 2. The number of benzene rings is 1. The summed E-state index contributed by atoms with van der Waals surface area (Å²) >= 11 is 9.05. The number of thioether (sulfide) groups is 1. The Hall–Kier alpha value is -0.580. The zero-order chi connectivity index (χ0) is 12.4. The third-order valence-corrected chi connectivity index (χ3v) is 4.83. The molecule has 1 atom stereocenters. The summed E-state index contributed by atoms with van der Waals surface area (Å²) in [5, 5.41) is 2.40. The second-order valence-corrected chi connectivity index (χ2v) is 6.54. The molecule has 1 nitrogen and oxygen atoms in total. The van der Waals surface area contributed by atoms with Gasteiger partial charge in [-0.05, 0) is 31.5 Å². The predicted molar refractivity (Wildman–Crippen MR) is 72.5 cm³/mol. The van der Waals surface area contributed by atoms with Gasteiger partial charge in [-0.15, -0.1) is 11.3 Å². The van der Waals surface area contributed by atoms with Gasteiger partial charge in [0.25, 0.3) is 0 Å². The summed E-state index contributed by atoms with van der Waals surface area (Å²) in [5.41, 5.74) is 2.04. The Morgan fingerprint density at radius 1 is 1.47 bits per heavy atom. The third kappa shape index (κ3) is 3.21. The maximum atomic E-state index is 13.0. The summed E-state index contributed by atoms with van der Waals surface area (Å²) in [4.78, 5) is 4.39. The Morgan fingerprint density at radius 2 is 2.24 bits per heavy atom. The number of aromatic nitrogens is 1. The first-order valence-electron chi connectivity index (χ1n) is 5.10. The maximum absolute atomic E-state index is 13.0. The molecule has 0 spiro atoms. The summed E-state index contributed by atoms with van der Waals surface area (Å²) in [6, 6.07) is 4.84. The minimum Gasteiger partial charge on any atom is -0.235 e. The smallest absolute Gasteiger partial charge is 0.150 e. The van der Waals surface area contributed by atoms with Crippen LogP contribution in [0.1, 0.15) is 23.4 Å². The van der Waals surface area contributed by atoms with Crippen LogP contribution in [0, 0.1) is 12.7 Å². The molecule has 0 saturated heterocycles. The molecule has 1 aromatic heterocycles. The first kappa shape index (κ1) is 12.9. The van der Waals surface area contributed by atoms with E-state index in [-0.39, 0.29) is 16.1 Å². The molecule has 0 aliphatic rings. The molecule has 2 rings (SSSR count). The highest BCUT2D eigenvalue weighted by atomic mass is 35.5. The molecule has 90 valence electrons. The molecule has 0 aliphatic carbocycles. The second kappa shape index (κ2) is 5.38. The average molecular weight is 288 g/mol. The number of aryl methyl sites for hydroxylation is 1. The van der Waals surface area contributed by atoms with Gasteiger partial charge in [-0.2, -0.15) is 0 Å². The van der Waals surface area contributed by atoms with Crippen LogP contribution in [0.5, 0.6) is 0 Å². The number of hydrogen-bond acceptors (Lipinski definition) is 3. The van der Waals surface area contributed by atoms with Crippen LogP contribution in [-0.4, -0.2) is 4.98 Å². The van der Waals surface area contributed by atoms with Crippen molar-refractivity contribution in [2.45, 2.75) is 23.4 Å². The first-order chi connectivity index (χ1) is 8.06. The van der Waals surface area contributed by atoms with E-state index in [0.717, 1.165) is 15.6 Å². The molecule has 5 heteroatoms. The Balaban J connectivity index is 2.14. The standard InChI is InChI=1S/C12H11ClFNS2/c1-7-6-16-12(15-7)17-8(2)9-3-4-11(14)10(13)5-9/h3-6,8H,1-2H3/t8-/m1/s1. The minimum atomic E-state index is -0.377. The van der Waals surface area contributed by atoms with Crippen LogP contribution in [0.25, 0.3) is 0 Å². The lowest BCUT2D eigenvalue weighted by Gasteiger charge is -2.10. The maximum Gasteiger partial charge on any atom is 0.150 e. The van der Waals surface area contributed by atoms with Crippen molar-refractivity contribution in [2.75, 3.05) is 0 Å². The second-order valence-electron chi connectivity index (χ2n) is 3.69. The van der Waals surface area contributed by atoms with Gasteiger partial charge in [-0.25, -0.2) is 9.37 Å². The van der Waals surface area contributed by atoms with Gasteiger partial charge in [0.15, 0.2) is 4.34 Å². The van der Waals surface area contributed by atoms with E-state index in [4.69, 9.17) is 11.6 Å². The molecular formula is C12H11ClFNS2. The van der Waals surface area contributed by atoms with Crippen molar-refractivity contribution >= 4 is 34.7 Å². The molecule has 1 heterocycles. The summed E-state index contributed by atoms with van der Waals surface area (Å²) in [5.74, 6) is -0.377. The van der Waals surface area contributed by atoms with Crippen LogP contribution >= 0.6 is 34.7 Å². The Bertz CT molecular complexity index is 527. The summed E-state index contributed by atoms with van der Waals surface area (Å²) in [7, 11) is 0. The van der Waals surface area contributed by atoms with Crippen LogP contribution in [-0.2, 0) is 0 Å². The fraction of sp³-hybridized carbons (Fsp3) is 0.250. The van der Waals surface area contributed by atoms with Crippen LogP contribution in [0.3, 0.4) is 0 Å². The SMILES string of the molecule is Cc1csc(S[C@H](C)c2ccc(F)c(Cl)c2)n1. The van der Waals surface area contributed by atoms with E-state index in [9.17, 15) is 4.39 Å². The summed E-state index contributed by atoms with van der Waals surface area (Å²) in [6.07, 6.45) is 0. The van der Waals surface area contributed by atoms with Gasteiger partial charge in [0.1, 0.15) is 5.82 Å². The van der Waals surface area contributed by atoms with Gasteiger partial charge in [0.05, 0.1) is 5.02 Å². The minimum absolute atomic E-state index is 0.172. The van der Waals surface area contributed by atoms with Gasteiger partial charge in [0, 0.05) is 16.3 Å². The number of rotatable bonds is 3. The van der Waals surface area contributed by atoms with Crippen molar-refractivity contribution in [3.8, 4) is 0 Å². The first-order valence-corrected chi connectivity index (χ1v) is 7.23. The molecule has 2 aromatic rings. The fourth-order valence-electron chi connectivity index (χ4n) is 1.37. The van der Waals surface area contributed by atoms with Crippen LogP contribution in [0.2, 0.25) is 5.02 Å². The highest BCUT2D eigenvalue weighted by Crippen LogP contribution is 2.37. The predicted octanol–water partition coefficient (Wildman–Crippen LogP) is 5.10. The van der Waals surface area contributed by atoms with Crippen molar-refractivity contribution in [1.29, 1.82) is 0 Å². The van der Waals surface area contributed by atoms with Crippen molar-refractivity contribution in [2.24, 2.45) is 0 Å². The molecule has 0 radical (unpaired) electrons. The van der Waals surface area contributed by atoms with Crippen molar-refractivity contribution in [3.63, 3.8) is 0 Å². The molecule has 0 aliphatic heterocycles. The van der Waals surface area contributed by atoms with E-state index in [0.29, 0.717) is 0 Å². The Labute approximate surface area is 113 Å². The fourth-order valence-corrected chi connectivity index (χ4v) is 3.66. The van der Waals surface area contributed by atoms with E-state index < -0.39 is 0 Å². The summed E-state index contributed by atoms with van der Waals surface area (Å²) in [6.45, 7) is 4.03. The molecule has 1 aromatic carbocycles. The quantitative estimate of drug-likeness (QED) is 0.729. The third-order valence-electron chi connectivity index (χ3n) is 2.29. The lowest BCUT2D eigenvalue weighted by molar-refractivity contribution is 0.627. The van der Waals surface area contributed by atoms with E-state index in [1.165, 1.54) is 6.07 Å². The molecule has 0 saturated carbocycles. The van der Waals surface area contributed by atoms with Gasteiger partial charge >= 0.3 is 0 Å². The highest BCUT2D eigenvalue weighted by Gasteiger charge is 2.11. The topological polar surface area (TPSA) is 12.9 Å². The van der Waals surface area contributed by atoms with Gasteiger partial charge < -0.3 is 0 Å². The van der Waals surface area contributed by atoms with E-state index in [1.54, 1.807) is 35.2 Å². The normalized spacial score (nSPS) is 12.7. The van der Waals surface area contributed by atoms with Crippen molar-refractivity contribution in [3.05, 3.63) is 45.7 Å². The molecule has 17 heavy (non-hydrogen) atoms. The van der Waals surface area contributed by atoms with Crippen LogP contribution in [0.4, 0.5) is 4.39 Å². The van der Waals surface area contributed by atoms with Crippen molar-refractivity contribution < 1.29 is 4.39 Å². The molecule has 0 amide bonds. The lowest BCUT2D eigenvalue weighted by Crippen LogP contribution is -1.89. The largest absolute Gasteiger partial charge is 0.235 e. The summed E-state index contributed by atoms with van der Waals surface area (Å²) < 4.78 is 14.1. The number of thiazole rings is 1. The molecule has 0 bridgehead atoms. The number of hydrogen-bond donors (Lipinski definition) is 0. The van der Waals surface area contributed by atoms with E-state index >= 15 is 0 Å². The van der Waals surface area contributed by atoms with Gasteiger partial charge in [-0.3, -0.25) is 0 Å². The van der Waals surface area contributed by atoms with E-state index in [1.807, 2.05) is 12.3 Å².